The largest absolute Gasteiger partial charge is 0.493 e. The van der Waals surface area contributed by atoms with Crippen LogP contribution in [0.3, 0.4) is 0 Å². The van der Waals surface area contributed by atoms with Gasteiger partial charge in [0.2, 0.25) is 0 Å². The summed E-state index contributed by atoms with van der Waals surface area (Å²) in [5.41, 5.74) is 6.99. The number of nitrogens with zero attached hydrogens (tertiary/aromatic N) is 4. The molecular formula is C19H28N6O2. The van der Waals surface area contributed by atoms with Gasteiger partial charge in [-0.3, -0.25) is 0 Å². The molecule has 0 saturated carbocycles. The van der Waals surface area contributed by atoms with Gasteiger partial charge in [0.1, 0.15) is 11.6 Å². The van der Waals surface area contributed by atoms with E-state index in [0.29, 0.717) is 30.5 Å². The second-order valence-corrected chi connectivity index (χ2v) is 6.56. The van der Waals surface area contributed by atoms with Gasteiger partial charge < -0.3 is 25.1 Å². The smallest absolute Gasteiger partial charge is 0.188 e. The van der Waals surface area contributed by atoms with Crippen LogP contribution in [0.15, 0.2) is 23.2 Å². The quantitative estimate of drug-likeness (QED) is 0.566. The number of methoxy groups -OCH3 is 2. The normalized spacial score (nSPS) is 14.4. The molecule has 3 rings (SSSR count). The topological polar surface area (TPSA) is 99.6 Å². The van der Waals surface area contributed by atoms with Crippen LogP contribution in [0.4, 0.5) is 0 Å². The first-order valence-electron chi connectivity index (χ1n) is 9.37. The fourth-order valence-electron chi connectivity index (χ4n) is 3.24. The highest BCUT2D eigenvalue weighted by molar-refractivity contribution is 5.77. The molecular weight excluding hydrogens is 344 g/mol. The van der Waals surface area contributed by atoms with Gasteiger partial charge in [0.25, 0.3) is 0 Å². The fourth-order valence-corrected chi connectivity index (χ4v) is 3.24. The Balaban J connectivity index is 1.51. The van der Waals surface area contributed by atoms with Gasteiger partial charge in [-0.1, -0.05) is 12.5 Å². The van der Waals surface area contributed by atoms with Crippen molar-refractivity contribution in [2.75, 3.05) is 20.8 Å². The van der Waals surface area contributed by atoms with Crippen LogP contribution in [0.1, 0.15) is 36.5 Å². The number of benzene rings is 1. The summed E-state index contributed by atoms with van der Waals surface area (Å²) < 4.78 is 12.8. The summed E-state index contributed by atoms with van der Waals surface area (Å²) in [6.45, 7) is 2.17. The van der Waals surface area contributed by atoms with E-state index in [2.05, 4.69) is 25.1 Å². The number of guanidine groups is 1. The fraction of sp³-hybridized carbons (Fsp3) is 0.526. The summed E-state index contributed by atoms with van der Waals surface area (Å²) in [4.78, 5) is 4.39. The number of hydrogen-bond donors (Lipinski definition) is 2. The van der Waals surface area contributed by atoms with Gasteiger partial charge in [0, 0.05) is 25.9 Å². The van der Waals surface area contributed by atoms with Gasteiger partial charge in [-0.2, -0.15) is 0 Å². The van der Waals surface area contributed by atoms with Gasteiger partial charge in [-0.05, 0) is 30.5 Å². The van der Waals surface area contributed by atoms with Gasteiger partial charge >= 0.3 is 0 Å². The molecule has 0 radical (unpaired) electrons. The van der Waals surface area contributed by atoms with E-state index in [-0.39, 0.29) is 0 Å². The first-order chi connectivity index (χ1) is 13.2. The van der Waals surface area contributed by atoms with Crippen molar-refractivity contribution in [2.24, 2.45) is 10.7 Å². The van der Waals surface area contributed by atoms with Crippen LogP contribution in [-0.2, 0) is 25.9 Å². The third kappa shape index (κ3) is 4.90. The van der Waals surface area contributed by atoms with Crippen LogP contribution in [0.2, 0.25) is 0 Å². The number of aryl methyl sites for hydroxylation is 1. The van der Waals surface area contributed by atoms with Crippen molar-refractivity contribution in [1.29, 1.82) is 0 Å². The van der Waals surface area contributed by atoms with Crippen molar-refractivity contribution >= 4 is 5.96 Å². The van der Waals surface area contributed by atoms with Crippen molar-refractivity contribution in [3.05, 3.63) is 35.4 Å². The van der Waals surface area contributed by atoms with E-state index in [1.165, 1.54) is 19.3 Å². The number of hydrogen-bond acceptors (Lipinski definition) is 5. The van der Waals surface area contributed by atoms with Crippen LogP contribution in [-0.4, -0.2) is 41.5 Å². The lowest BCUT2D eigenvalue weighted by Gasteiger charge is -2.09. The molecule has 1 aromatic carbocycles. The Morgan fingerprint density at radius 1 is 1.19 bits per heavy atom. The van der Waals surface area contributed by atoms with E-state index in [4.69, 9.17) is 15.2 Å². The molecule has 2 aromatic rings. The van der Waals surface area contributed by atoms with Crippen molar-refractivity contribution in [3.8, 4) is 11.5 Å². The number of aliphatic imine (C=N–C) groups is 1. The Morgan fingerprint density at radius 3 is 2.85 bits per heavy atom. The van der Waals surface area contributed by atoms with Crippen LogP contribution < -0.4 is 20.5 Å². The third-order valence-electron chi connectivity index (χ3n) is 4.72. The van der Waals surface area contributed by atoms with Gasteiger partial charge in [-0.15, -0.1) is 10.2 Å². The number of ether oxygens (including phenoxy) is 2. The molecule has 27 heavy (non-hydrogen) atoms. The summed E-state index contributed by atoms with van der Waals surface area (Å²) >= 11 is 0. The molecule has 0 unspecified atom stereocenters. The Morgan fingerprint density at radius 2 is 2.04 bits per heavy atom. The molecule has 0 bridgehead atoms. The van der Waals surface area contributed by atoms with Crippen LogP contribution in [0.25, 0.3) is 0 Å². The highest BCUT2D eigenvalue weighted by Crippen LogP contribution is 2.27. The predicted molar refractivity (Wildman–Crippen MR) is 104 cm³/mol. The molecule has 0 amide bonds. The maximum Gasteiger partial charge on any atom is 0.188 e. The van der Waals surface area contributed by atoms with E-state index in [0.717, 1.165) is 36.6 Å². The molecule has 0 saturated heterocycles. The standard InChI is InChI=1S/C19H28N6O2/c1-26-15-8-7-14(12-16(15)27-2)13-22-19(20)21-10-9-18-24-23-17-6-4-3-5-11-25(17)18/h7-8,12H,3-6,9-11,13H2,1-2H3,(H3,20,21,22). The minimum absolute atomic E-state index is 0.417. The lowest BCUT2D eigenvalue weighted by atomic mass is 10.2. The highest BCUT2D eigenvalue weighted by Gasteiger charge is 2.14. The molecule has 1 aliphatic rings. The second-order valence-electron chi connectivity index (χ2n) is 6.56. The number of fused-ring (bicyclic) bond motifs is 1. The third-order valence-corrected chi connectivity index (χ3v) is 4.72. The molecule has 0 fully saturated rings. The van der Waals surface area contributed by atoms with E-state index in [1.54, 1.807) is 14.2 Å². The van der Waals surface area contributed by atoms with Crippen LogP contribution in [0.5, 0.6) is 11.5 Å². The second kappa shape index (κ2) is 9.25. The molecule has 146 valence electrons. The van der Waals surface area contributed by atoms with Crippen LogP contribution in [0, 0.1) is 0 Å². The van der Waals surface area contributed by atoms with E-state index < -0.39 is 0 Å². The number of aromatic nitrogens is 3. The van der Waals surface area contributed by atoms with Crippen molar-refractivity contribution in [1.82, 2.24) is 20.1 Å². The number of rotatable bonds is 7. The van der Waals surface area contributed by atoms with Gasteiger partial charge in [0.05, 0.1) is 20.8 Å². The molecule has 2 heterocycles. The summed E-state index contributed by atoms with van der Waals surface area (Å²) in [7, 11) is 3.23. The zero-order valence-corrected chi connectivity index (χ0v) is 16.1. The minimum atomic E-state index is 0.417. The molecule has 1 aromatic heterocycles. The van der Waals surface area contributed by atoms with Crippen molar-refractivity contribution < 1.29 is 9.47 Å². The summed E-state index contributed by atoms with van der Waals surface area (Å²) in [5, 5.41) is 11.8. The highest BCUT2D eigenvalue weighted by atomic mass is 16.5. The Kier molecular flexibility index (Phi) is 6.51. The van der Waals surface area contributed by atoms with Crippen molar-refractivity contribution in [2.45, 2.75) is 45.2 Å². The summed E-state index contributed by atoms with van der Waals surface area (Å²) in [6, 6.07) is 5.72. The zero-order chi connectivity index (χ0) is 19.1. The van der Waals surface area contributed by atoms with Crippen LogP contribution >= 0.6 is 0 Å². The van der Waals surface area contributed by atoms with Gasteiger partial charge in [-0.25, -0.2) is 4.99 Å². The molecule has 1 aliphatic heterocycles. The van der Waals surface area contributed by atoms with E-state index in [1.807, 2.05) is 18.2 Å². The Labute approximate surface area is 159 Å². The molecule has 8 nitrogen and oxygen atoms in total. The maximum absolute atomic E-state index is 5.99. The summed E-state index contributed by atoms with van der Waals surface area (Å²) in [5.74, 6) is 3.93. The first kappa shape index (κ1) is 19.0. The predicted octanol–water partition coefficient (Wildman–Crippen LogP) is 1.67. The minimum Gasteiger partial charge on any atom is -0.493 e. The first-order valence-corrected chi connectivity index (χ1v) is 9.37. The number of nitrogens with two attached hydrogens (primary N) is 1. The Hall–Kier alpha value is -2.77. The lowest BCUT2D eigenvalue weighted by molar-refractivity contribution is 0.354. The molecule has 8 heteroatoms. The SMILES string of the molecule is COc1ccc(CN=C(N)NCCc2nnc3n2CCCCC3)cc1OC. The monoisotopic (exact) mass is 372 g/mol. The lowest BCUT2D eigenvalue weighted by Crippen LogP contribution is -2.33. The van der Waals surface area contributed by atoms with Crippen molar-refractivity contribution in [3.63, 3.8) is 0 Å². The average molecular weight is 372 g/mol. The Bertz CT molecular complexity index is 787. The molecule has 0 spiro atoms. The number of nitrogens with one attached hydrogen (secondary N) is 1. The summed E-state index contributed by atoms with van der Waals surface area (Å²) in [6.07, 6.45) is 5.46. The molecule has 0 aliphatic carbocycles. The van der Waals surface area contributed by atoms with Gasteiger partial charge in [0.15, 0.2) is 17.5 Å². The maximum atomic E-state index is 5.99. The van der Waals surface area contributed by atoms with E-state index in [9.17, 15) is 0 Å². The van der Waals surface area contributed by atoms with E-state index >= 15 is 0 Å². The molecule has 3 N–H and O–H groups in total. The zero-order valence-electron chi connectivity index (χ0n) is 16.1. The molecule has 0 atom stereocenters. The average Bonchev–Trinajstić information content (AvgIpc) is 2.92.